The van der Waals surface area contributed by atoms with Gasteiger partial charge in [0.2, 0.25) is 0 Å². The van der Waals surface area contributed by atoms with Crippen LogP contribution in [0.4, 0.5) is 11.4 Å². The van der Waals surface area contributed by atoms with Gasteiger partial charge in [0.15, 0.2) is 0 Å². The largest absolute Gasteiger partial charge is 0.481 e. The normalized spacial score (nSPS) is 17.5. The molecule has 0 saturated heterocycles. The average molecular weight is 593 g/mol. The lowest BCUT2D eigenvalue weighted by atomic mass is 9.79. The minimum Gasteiger partial charge on any atom is -0.481 e. The first kappa shape index (κ1) is 32.3. The lowest BCUT2D eigenvalue weighted by molar-refractivity contribution is -0.140. The summed E-state index contributed by atoms with van der Waals surface area (Å²) in [5, 5.41) is 21.6. The maximum absolute atomic E-state index is 11.8. The molecular formula is C30H44N2O6S2. The Balaban J connectivity index is 2.11. The van der Waals surface area contributed by atoms with Gasteiger partial charge in [0, 0.05) is 41.3 Å². The summed E-state index contributed by atoms with van der Waals surface area (Å²) < 4.78 is 23.7. The highest BCUT2D eigenvalue weighted by Crippen LogP contribution is 2.61. The van der Waals surface area contributed by atoms with E-state index >= 15 is 0 Å². The predicted octanol–water partition coefficient (Wildman–Crippen LogP) is 7.44. The van der Waals surface area contributed by atoms with Crippen molar-refractivity contribution in [3.63, 3.8) is 0 Å². The van der Waals surface area contributed by atoms with E-state index in [1.165, 1.54) is 11.8 Å². The molecule has 0 bridgehead atoms. The molecule has 0 amide bonds. The highest BCUT2D eigenvalue weighted by Gasteiger charge is 2.42. The first-order valence-electron chi connectivity index (χ1n) is 14.0. The second-order valence-electron chi connectivity index (χ2n) is 10.8. The number of fused-ring (bicyclic) bond motifs is 1. The number of benzene rings is 2. The number of unbranched alkanes of at least 4 members (excludes halogenated alkanes) is 2. The zero-order valence-corrected chi connectivity index (χ0v) is 25.4. The van der Waals surface area contributed by atoms with Gasteiger partial charge in [-0.3, -0.25) is 18.7 Å². The third-order valence-electron chi connectivity index (χ3n) is 7.68. The summed E-state index contributed by atoms with van der Waals surface area (Å²) in [6, 6.07) is 12.9. The number of aliphatic carboxylic acids is 2. The molecule has 1 aliphatic heterocycles. The molecule has 0 radical (unpaired) electrons. The molecule has 3 rings (SSSR count). The van der Waals surface area contributed by atoms with Crippen LogP contribution < -0.4 is 10.2 Å². The number of rotatable bonds is 15. The molecule has 10 heteroatoms. The molecule has 2 aromatic rings. The van der Waals surface area contributed by atoms with Crippen molar-refractivity contribution < 1.29 is 28.9 Å². The minimum atomic E-state index is -3.18. The van der Waals surface area contributed by atoms with Gasteiger partial charge in [0.05, 0.1) is 10.6 Å². The van der Waals surface area contributed by atoms with E-state index in [0.717, 1.165) is 60.4 Å². The van der Waals surface area contributed by atoms with Gasteiger partial charge < -0.3 is 20.4 Å². The van der Waals surface area contributed by atoms with Crippen LogP contribution in [-0.4, -0.2) is 55.9 Å². The van der Waals surface area contributed by atoms with Crippen LogP contribution in [0.2, 0.25) is 0 Å². The fourth-order valence-electron chi connectivity index (χ4n) is 5.55. The van der Waals surface area contributed by atoms with Gasteiger partial charge in [-0.05, 0) is 55.3 Å². The van der Waals surface area contributed by atoms with Crippen molar-refractivity contribution in [2.24, 2.45) is 5.41 Å². The smallest absolute Gasteiger partial charge is 0.320 e. The molecule has 8 nitrogen and oxygen atoms in total. The van der Waals surface area contributed by atoms with Crippen molar-refractivity contribution in [1.29, 1.82) is 0 Å². The van der Waals surface area contributed by atoms with E-state index in [0.29, 0.717) is 11.4 Å². The Bertz CT molecular complexity index is 1140. The van der Waals surface area contributed by atoms with Crippen LogP contribution in [0.1, 0.15) is 70.8 Å². The van der Waals surface area contributed by atoms with Crippen molar-refractivity contribution >= 4 is 45.7 Å². The van der Waals surface area contributed by atoms with Gasteiger partial charge in [-0.15, -0.1) is 11.8 Å². The number of anilines is 2. The molecule has 0 fully saturated rings. The van der Waals surface area contributed by atoms with Gasteiger partial charge >= 0.3 is 11.9 Å². The number of nitrogens with one attached hydrogen (secondary N) is 1. The molecule has 1 heterocycles. The van der Waals surface area contributed by atoms with E-state index < -0.39 is 28.6 Å². The molecule has 1 unspecified atom stereocenters. The molecular weight excluding hydrogens is 548 g/mol. The van der Waals surface area contributed by atoms with E-state index in [1.807, 2.05) is 36.6 Å². The Morgan fingerprint density at radius 2 is 1.73 bits per heavy atom. The third-order valence-corrected chi connectivity index (χ3v) is 10.5. The molecule has 0 aliphatic carbocycles. The van der Waals surface area contributed by atoms with Crippen LogP contribution in [0.5, 0.6) is 0 Å². The average Bonchev–Trinajstić information content (AvgIpc) is 3.02. The van der Waals surface area contributed by atoms with Gasteiger partial charge in [-0.25, -0.2) is 0 Å². The van der Waals surface area contributed by atoms with Crippen LogP contribution in [0.3, 0.4) is 0 Å². The van der Waals surface area contributed by atoms with Crippen molar-refractivity contribution in [1.82, 2.24) is 5.32 Å². The number of para-hydroxylation sites is 1. The second kappa shape index (κ2) is 14.6. The van der Waals surface area contributed by atoms with Gasteiger partial charge in [-0.1, -0.05) is 57.7 Å². The van der Waals surface area contributed by atoms with Crippen LogP contribution in [0.15, 0.2) is 52.3 Å². The molecule has 40 heavy (non-hydrogen) atoms. The maximum atomic E-state index is 11.8. The van der Waals surface area contributed by atoms with Gasteiger partial charge in [0.25, 0.3) is 0 Å². The number of hydrogen-bond donors (Lipinski definition) is 5. The van der Waals surface area contributed by atoms with Crippen molar-refractivity contribution in [3.8, 4) is 0 Å². The van der Waals surface area contributed by atoms with Crippen LogP contribution >= 0.6 is 22.4 Å². The Labute approximate surface area is 243 Å². The lowest BCUT2D eigenvalue weighted by Gasteiger charge is -2.42. The molecule has 0 aromatic heterocycles. The summed E-state index contributed by atoms with van der Waals surface area (Å²) >= 11 is 1.52. The Morgan fingerprint density at radius 3 is 2.27 bits per heavy atom. The van der Waals surface area contributed by atoms with Gasteiger partial charge in [-0.2, -0.15) is 10.6 Å². The van der Waals surface area contributed by atoms with Crippen LogP contribution in [0.25, 0.3) is 0 Å². The standard InChI is InChI=1S/C30H44N2O6S2/c1-4-6-15-30(16-7-5-2)20-32(23-11-9-8-10-12-23)25-18-26(39-3)22(17-27(25)40(37,38)21-30)19-31-24(29(35)36)13-14-28(33)34/h8-12,17-18,24,31,37-38H,4-7,13-16,19-21H2,1-3H3,(H,33,34)(H,35,36). The molecule has 1 atom stereocenters. The summed E-state index contributed by atoms with van der Waals surface area (Å²) in [5.41, 5.74) is 2.25. The highest BCUT2D eigenvalue weighted by molar-refractivity contribution is 8.24. The van der Waals surface area contributed by atoms with E-state index in [4.69, 9.17) is 5.11 Å². The summed E-state index contributed by atoms with van der Waals surface area (Å²) in [6.07, 6.45) is 7.54. The molecule has 0 spiro atoms. The predicted molar refractivity (Wildman–Crippen MR) is 164 cm³/mol. The van der Waals surface area contributed by atoms with E-state index in [1.54, 1.807) is 0 Å². The first-order valence-corrected chi connectivity index (χ1v) is 17.0. The zero-order chi connectivity index (χ0) is 29.3. The van der Waals surface area contributed by atoms with E-state index in [9.17, 15) is 23.8 Å². The van der Waals surface area contributed by atoms with Crippen molar-refractivity contribution in [2.45, 2.75) is 87.6 Å². The number of carbonyl (C=O) groups is 2. The third kappa shape index (κ3) is 8.16. The molecule has 1 aliphatic rings. The minimum absolute atomic E-state index is 0.0431. The number of thioether (sulfide) groups is 1. The zero-order valence-electron chi connectivity index (χ0n) is 23.8. The summed E-state index contributed by atoms with van der Waals surface area (Å²) in [4.78, 5) is 26.4. The summed E-state index contributed by atoms with van der Waals surface area (Å²) in [7, 11) is -3.18. The van der Waals surface area contributed by atoms with Gasteiger partial charge in [0.1, 0.15) is 6.04 Å². The summed E-state index contributed by atoms with van der Waals surface area (Å²) in [6.45, 7) is 5.17. The Morgan fingerprint density at radius 1 is 1.07 bits per heavy atom. The molecule has 2 aromatic carbocycles. The number of hydrogen-bond acceptors (Lipinski definition) is 7. The number of carboxylic acid groups (broad SMARTS) is 2. The second-order valence-corrected chi connectivity index (χ2v) is 13.7. The molecule has 222 valence electrons. The van der Waals surface area contributed by atoms with Crippen molar-refractivity contribution in [2.75, 3.05) is 23.5 Å². The van der Waals surface area contributed by atoms with E-state index in [2.05, 4.69) is 36.2 Å². The lowest BCUT2D eigenvalue weighted by Crippen LogP contribution is -2.37. The fraction of sp³-hybridized carbons (Fsp3) is 0.533. The maximum Gasteiger partial charge on any atom is 0.320 e. The Kier molecular flexibility index (Phi) is 11.8. The molecule has 0 saturated carbocycles. The SMILES string of the molecule is CCCCC1(CCCC)CN(c2ccccc2)c2cc(SC)c(CNC(CCC(=O)O)C(=O)O)cc2S(O)(O)C1. The molecule has 5 N–H and O–H groups in total. The number of nitrogens with zero attached hydrogens (tertiary/aromatic N) is 1. The first-order chi connectivity index (χ1) is 19.1. The van der Waals surface area contributed by atoms with Crippen LogP contribution in [0, 0.1) is 5.41 Å². The number of carboxylic acids is 2. The van der Waals surface area contributed by atoms with Crippen molar-refractivity contribution in [3.05, 3.63) is 48.0 Å². The summed E-state index contributed by atoms with van der Waals surface area (Å²) in [5.74, 6) is -1.87. The topological polar surface area (TPSA) is 130 Å². The quantitative estimate of drug-likeness (QED) is 0.134. The highest BCUT2D eigenvalue weighted by atomic mass is 32.3. The Hall–Kier alpha value is -2.24. The fourth-order valence-corrected chi connectivity index (χ4v) is 8.39. The van der Waals surface area contributed by atoms with E-state index in [-0.39, 0.29) is 30.6 Å². The van der Waals surface area contributed by atoms with Crippen LogP contribution in [-0.2, 0) is 16.1 Å². The monoisotopic (exact) mass is 592 g/mol.